The quantitative estimate of drug-likeness (QED) is 0.381. The molecule has 1 aliphatic heterocycles. The lowest BCUT2D eigenvalue weighted by molar-refractivity contribution is -0.140. The summed E-state index contributed by atoms with van der Waals surface area (Å²) in [7, 11) is 1.48. The van der Waals surface area contributed by atoms with Crippen molar-refractivity contribution in [3.8, 4) is 22.9 Å². The van der Waals surface area contributed by atoms with Crippen LogP contribution in [0, 0.1) is 0 Å². The molecular formula is C23H22ClF3N8O. The van der Waals surface area contributed by atoms with Crippen LogP contribution >= 0.6 is 11.6 Å². The zero-order valence-electron chi connectivity index (χ0n) is 19.7. The van der Waals surface area contributed by atoms with E-state index in [1.54, 1.807) is 32.6 Å². The molecule has 1 amide bonds. The number of amides is 1. The third-order valence-corrected chi connectivity index (χ3v) is 6.19. The fourth-order valence-electron chi connectivity index (χ4n) is 4.18. The summed E-state index contributed by atoms with van der Waals surface area (Å²) in [6, 6.07) is 5.20. The Labute approximate surface area is 209 Å². The first-order valence-corrected chi connectivity index (χ1v) is 11.6. The third kappa shape index (κ3) is 4.25. The van der Waals surface area contributed by atoms with Gasteiger partial charge in [0, 0.05) is 38.0 Å². The largest absolute Gasteiger partial charge is 0.434 e. The molecule has 0 radical (unpaired) electrons. The van der Waals surface area contributed by atoms with Crippen molar-refractivity contribution in [2.24, 2.45) is 7.05 Å². The van der Waals surface area contributed by atoms with E-state index in [0.717, 1.165) is 6.20 Å². The van der Waals surface area contributed by atoms with Crippen molar-refractivity contribution >= 4 is 23.3 Å². The zero-order valence-corrected chi connectivity index (χ0v) is 20.4. The van der Waals surface area contributed by atoms with Crippen molar-refractivity contribution in [1.82, 2.24) is 34.1 Å². The van der Waals surface area contributed by atoms with Crippen LogP contribution in [0.5, 0.6) is 0 Å². The number of aryl methyl sites for hydroxylation is 2. The molecule has 0 unspecified atom stereocenters. The van der Waals surface area contributed by atoms with E-state index in [0.29, 0.717) is 40.0 Å². The molecule has 36 heavy (non-hydrogen) atoms. The normalized spacial score (nSPS) is 14.1. The second kappa shape index (κ2) is 8.77. The summed E-state index contributed by atoms with van der Waals surface area (Å²) in [5.41, 5.74) is 1.32. The van der Waals surface area contributed by atoms with Gasteiger partial charge in [0.05, 0.1) is 24.3 Å². The molecule has 0 spiro atoms. The lowest BCUT2D eigenvalue weighted by atomic mass is 10.2. The Kier molecular flexibility index (Phi) is 5.86. The van der Waals surface area contributed by atoms with Gasteiger partial charge in [-0.2, -0.15) is 23.4 Å². The van der Waals surface area contributed by atoms with Gasteiger partial charge < -0.3 is 4.57 Å². The number of anilines is 1. The van der Waals surface area contributed by atoms with Crippen molar-refractivity contribution in [2.45, 2.75) is 45.6 Å². The number of hydrogen-bond acceptors (Lipinski definition) is 5. The second-order valence-electron chi connectivity index (χ2n) is 8.83. The molecule has 0 aliphatic carbocycles. The smallest absolute Gasteiger partial charge is 0.332 e. The van der Waals surface area contributed by atoms with Gasteiger partial charge in [-0.15, -0.1) is 0 Å². The molecule has 0 atom stereocenters. The number of pyridine rings is 1. The Bertz CT molecular complexity index is 1430. The highest BCUT2D eigenvalue weighted by Gasteiger charge is 2.35. The van der Waals surface area contributed by atoms with E-state index in [1.807, 2.05) is 19.9 Å². The van der Waals surface area contributed by atoms with Crippen LogP contribution in [-0.2, 0) is 31.1 Å². The minimum atomic E-state index is -4.54. The molecule has 0 saturated heterocycles. The summed E-state index contributed by atoms with van der Waals surface area (Å²) in [6.45, 7) is 4.65. The summed E-state index contributed by atoms with van der Waals surface area (Å²) < 4.78 is 43.8. The maximum absolute atomic E-state index is 13.0. The number of alkyl halides is 3. The van der Waals surface area contributed by atoms with E-state index in [1.165, 1.54) is 17.8 Å². The molecule has 1 aliphatic rings. The molecule has 0 saturated carbocycles. The highest BCUT2D eigenvalue weighted by molar-refractivity contribution is 6.33. The van der Waals surface area contributed by atoms with E-state index in [4.69, 9.17) is 11.6 Å². The summed E-state index contributed by atoms with van der Waals surface area (Å²) in [6.07, 6.45) is -0.225. The lowest BCUT2D eigenvalue weighted by Crippen LogP contribution is -2.36. The lowest BCUT2D eigenvalue weighted by Gasteiger charge is -2.27. The maximum atomic E-state index is 13.0. The van der Waals surface area contributed by atoms with Crippen LogP contribution in [0.1, 0.15) is 37.6 Å². The van der Waals surface area contributed by atoms with Gasteiger partial charge in [0.1, 0.15) is 22.9 Å². The predicted molar refractivity (Wildman–Crippen MR) is 126 cm³/mol. The van der Waals surface area contributed by atoms with Gasteiger partial charge >= 0.3 is 6.18 Å². The van der Waals surface area contributed by atoms with E-state index < -0.39 is 11.9 Å². The summed E-state index contributed by atoms with van der Waals surface area (Å²) >= 11 is 6.39. The van der Waals surface area contributed by atoms with Crippen molar-refractivity contribution in [3.05, 3.63) is 53.1 Å². The highest BCUT2D eigenvalue weighted by Crippen LogP contribution is 2.34. The predicted octanol–water partition coefficient (Wildman–Crippen LogP) is 4.73. The molecule has 0 fully saturated rings. The van der Waals surface area contributed by atoms with Crippen LogP contribution in [0.2, 0.25) is 5.02 Å². The molecule has 13 heteroatoms. The summed E-state index contributed by atoms with van der Waals surface area (Å²) in [5, 5.41) is 9.47. The molecule has 188 valence electrons. The number of carbonyl (C=O) groups is 1. The standard InChI is InChI=1S/C23H22ClF3N8O/c1-13(2)35-21(15(24)10-29-35)17-8-19-33(20(36)6-7-34(19)31-17)11-14-4-5-16(28-9-14)22-30-18(12-32(22)3)23(25,26)27/h4-5,8-10,12-13H,6-7,11H2,1-3H3. The first kappa shape index (κ1) is 24.0. The van der Waals surface area contributed by atoms with E-state index >= 15 is 0 Å². The number of fused-ring (bicyclic) bond motifs is 1. The van der Waals surface area contributed by atoms with Crippen molar-refractivity contribution in [2.75, 3.05) is 4.90 Å². The Balaban J connectivity index is 1.42. The molecule has 0 aromatic carbocycles. The number of carbonyl (C=O) groups excluding carboxylic acids is 1. The summed E-state index contributed by atoms with van der Waals surface area (Å²) in [4.78, 5) is 22.4. The molecule has 4 aromatic rings. The van der Waals surface area contributed by atoms with Gasteiger partial charge in [-0.3, -0.25) is 19.4 Å². The average molecular weight is 519 g/mol. The van der Waals surface area contributed by atoms with Gasteiger partial charge in [0.15, 0.2) is 11.5 Å². The van der Waals surface area contributed by atoms with Crippen LogP contribution in [0.25, 0.3) is 22.9 Å². The van der Waals surface area contributed by atoms with E-state index in [-0.39, 0.29) is 30.7 Å². The number of aromatic nitrogens is 7. The number of rotatable bonds is 5. The van der Waals surface area contributed by atoms with Crippen LogP contribution in [0.15, 0.2) is 36.8 Å². The molecule has 9 nitrogen and oxygen atoms in total. The second-order valence-corrected chi connectivity index (χ2v) is 9.24. The van der Waals surface area contributed by atoms with Crippen LogP contribution in [0.3, 0.4) is 0 Å². The van der Waals surface area contributed by atoms with Gasteiger partial charge in [0.25, 0.3) is 0 Å². The van der Waals surface area contributed by atoms with Crippen LogP contribution in [0.4, 0.5) is 19.0 Å². The van der Waals surface area contributed by atoms with Crippen molar-refractivity contribution < 1.29 is 18.0 Å². The first-order chi connectivity index (χ1) is 17.0. The molecule has 5 rings (SSSR count). The average Bonchev–Trinajstić information content (AvgIpc) is 3.52. The number of halogens is 4. The Morgan fingerprint density at radius 3 is 2.58 bits per heavy atom. The molecule has 0 bridgehead atoms. The minimum Gasteiger partial charge on any atom is -0.332 e. The Morgan fingerprint density at radius 2 is 1.94 bits per heavy atom. The third-order valence-electron chi connectivity index (χ3n) is 5.92. The summed E-state index contributed by atoms with van der Waals surface area (Å²) in [5.74, 6) is 0.654. The number of hydrogen-bond donors (Lipinski definition) is 0. The molecule has 4 aromatic heterocycles. The zero-order chi connectivity index (χ0) is 25.8. The molecular weight excluding hydrogens is 497 g/mol. The van der Waals surface area contributed by atoms with Gasteiger partial charge in [0.2, 0.25) is 5.91 Å². The number of imidazole rings is 1. The minimum absolute atomic E-state index is 0.0690. The number of nitrogens with zero attached hydrogens (tertiary/aromatic N) is 8. The van der Waals surface area contributed by atoms with Gasteiger partial charge in [-0.05, 0) is 25.5 Å². The molecule has 5 heterocycles. The fourth-order valence-corrected chi connectivity index (χ4v) is 4.41. The van der Waals surface area contributed by atoms with E-state index in [9.17, 15) is 18.0 Å². The fraction of sp³-hybridized carbons (Fsp3) is 0.348. The van der Waals surface area contributed by atoms with Crippen molar-refractivity contribution in [3.63, 3.8) is 0 Å². The topological polar surface area (TPSA) is 86.7 Å². The first-order valence-electron chi connectivity index (χ1n) is 11.2. The maximum Gasteiger partial charge on any atom is 0.434 e. The van der Waals surface area contributed by atoms with Crippen LogP contribution < -0.4 is 4.90 Å². The molecule has 0 N–H and O–H groups in total. The highest BCUT2D eigenvalue weighted by atomic mass is 35.5. The van der Waals surface area contributed by atoms with E-state index in [2.05, 4.69) is 20.2 Å². The Hall–Kier alpha value is -3.67. The van der Waals surface area contributed by atoms with Crippen molar-refractivity contribution in [1.29, 1.82) is 0 Å². The SMILES string of the molecule is CC(C)n1ncc(Cl)c1-c1cc2n(n1)CCC(=O)N2Cc1ccc(-c2nc(C(F)(F)F)cn2C)nc1. The van der Waals surface area contributed by atoms with Crippen LogP contribution in [-0.4, -0.2) is 40.0 Å². The monoisotopic (exact) mass is 518 g/mol. The van der Waals surface area contributed by atoms with Gasteiger partial charge in [-0.1, -0.05) is 17.7 Å². The van der Waals surface area contributed by atoms with Gasteiger partial charge in [-0.25, -0.2) is 9.67 Å². The Morgan fingerprint density at radius 1 is 1.17 bits per heavy atom.